The Kier molecular flexibility index (Phi) is 4.40. The van der Waals surface area contributed by atoms with Crippen molar-refractivity contribution in [2.75, 3.05) is 5.32 Å². The van der Waals surface area contributed by atoms with Crippen LogP contribution in [0.25, 0.3) is 5.82 Å². The number of amides is 1. The van der Waals surface area contributed by atoms with Gasteiger partial charge in [-0.3, -0.25) is 9.36 Å². The van der Waals surface area contributed by atoms with Gasteiger partial charge in [0.05, 0.1) is 11.9 Å². The summed E-state index contributed by atoms with van der Waals surface area (Å²) in [5, 5.41) is 2.79. The summed E-state index contributed by atoms with van der Waals surface area (Å²) < 4.78 is 41.8. The minimum Gasteiger partial charge on any atom is -0.324 e. The van der Waals surface area contributed by atoms with E-state index < -0.39 is 17.9 Å². The Morgan fingerprint density at radius 1 is 1.21 bits per heavy atom. The summed E-state index contributed by atoms with van der Waals surface area (Å²) in [7, 11) is 0. The van der Waals surface area contributed by atoms with Crippen molar-refractivity contribution < 1.29 is 18.0 Å². The third-order valence-corrected chi connectivity index (χ3v) is 4.81. The maximum atomic E-state index is 12.9. The van der Waals surface area contributed by atoms with Crippen LogP contribution in [-0.2, 0) is 23.9 Å². The van der Waals surface area contributed by atoms with Gasteiger partial charge in [-0.1, -0.05) is 0 Å². The highest BCUT2D eigenvalue weighted by molar-refractivity contribution is 5.92. The minimum absolute atomic E-state index is 0.110. The minimum atomic E-state index is -4.49. The van der Waals surface area contributed by atoms with Gasteiger partial charge in [0.15, 0.2) is 0 Å². The van der Waals surface area contributed by atoms with Crippen molar-refractivity contribution in [1.82, 2.24) is 24.1 Å². The summed E-state index contributed by atoms with van der Waals surface area (Å²) in [5.41, 5.74) is 0.948. The molecule has 0 aromatic carbocycles. The Bertz CT molecular complexity index is 1010. The molecule has 0 unspecified atom stereocenters. The molecule has 0 spiro atoms. The van der Waals surface area contributed by atoms with Crippen molar-refractivity contribution in [3.63, 3.8) is 0 Å². The van der Waals surface area contributed by atoms with E-state index in [-0.39, 0.29) is 18.9 Å². The zero-order chi connectivity index (χ0) is 19.9. The monoisotopic (exact) mass is 390 g/mol. The van der Waals surface area contributed by atoms with E-state index in [1.165, 1.54) is 6.20 Å². The maximum Gasteiger partial charge on any atom is 0.449 e. The first-order chi connectivity index (χ1) is 13.3. The molecule has 0 bridgehead atoms. The summed E-state index contributed by atoms with van der Waals surface area (Å²) in [6.45, 7) is 1.97. The number of alkyl halides is 3. The first kappa shape index (κ1) is 18.2. The molecule has 10 heteroatoms. The van der Waals surface area contributed by atoms with Gasteiger partial charge < -0.3 is 9.88 Å². The molecule has 146 valence electrons. The fourth-order valence-corrected chi connectivity index (χ4v) is 3.38. The van der Waals surface area contributed by atoms with Gasteiger partial charge in [-0.25, -0.2) is 15.0 Å². The van der Waals surface area contributed by atoms with E-state index in [0.29, 0.717) is 23.6 Å². The largest absolute Gasteiger partial charge is 0.449 e. The predicted molar refractivity (Wildman–Crippen MR) is 93.8 cm³/mol. The smallest absolute Gasteiger partial charge is 0.324 e. The molecular formula is C18H17F3N6O. The second-order valence-electron chi connectivity index (χ2n) is 6.65. The third kappa shape index (κ3) is 3.37. The summed E-state index contributed by atoms with van der Waals surface area (Å²) in [4.78, 5) is 24.5. The topological polar surface area (TPSA) is 77.6 Å². The predicted octanol–water partition coefficient (Wildman–Crippen LogP) is 2.99. The first-order valence-electron chi connectivity index (χ1n) is 8.72. The molecular weight excluding hydrogens is 373 g/mol. The van der Waals surface area contributed by atoms with Crippen molar-refractivity contribution in [2.45, 2.75) is 32.5 Å². The summed E-state index contributed by atoms with van der Waals surface area (Å²) in [5.74, 6) is -0.0956. The van der Waals surface area contributed by atoms with Crippen LogP contribution in [0.15, 0.2) is 36.9 Å². The highest BCUT2D eigenvalue weighted by atomic mass is 19.4. The number of halogens is 3. The Morgan fingerprint density at radius 3 is 2.68 bits per heavy atom. The number of imidazole rings is 2. The molecule has 3 aromatic rings. The highest BCUT2D eigenvalue weighted by Crippen LogP contribution is 2.32. The van der Waals surface area contributed by atoms with E-state index in [9.17, 15) is 18.0 Å². The summed E-state index contributed by atoms with van der Waals surface area (Å²) in [6.07, 6.45) is 2.25. The van der Waals surface area contributed by atoms with E-state index in [0.717, 1.165) is 10.4 Å². The van der Waals surface area contributed by atoms with Gasteiger partial charge in [-0.05, 0) is 25.5 Å². The van der Waals surface area contributed by atoms with E-state index in [4.69, 9.17) is 0 Å². The number of aromatic nitrogens is 5. The van der Waals surface area contributed by atoms with Crippen LogP contribution in [0.3, 0.4) is 0 Å². The second kappa shape index (κ2) is 6.77. The van der Waals surface area contributed by atoms with Gasteiger partial charge in [0.25, 0.3) is 0 Å². The van der Waals surface area contributed by atoms with Gasteiger partial charge in [0, 0.05) is 43.2 Å². The molecule has 0 saturated carbocycles. The van der Waals surface area contributed by atoms with E-state index in [2.05, 4.69) is 20.3 Å². The molecule has 1 amide bonds. The summed E-state index contributed by atoms with van der Waals surface area (Å²) >= 11 is 0. The van der Waals surface area contributed by atoms with Crippen LogP contribution in [0.5, 0.6) is 0 Å². The molecule has 4 rings (SSSR count). The number of nitrogens with one attached hydrogen (secondary N) is 1. The zero-order valence-electron chi connectivity index (χ0n) is 14.9. The van der Waals surface area contributed by atoms with Crippen molar-refractivity contribution >= 4 is 11.6 Å². The number of fused-ring (bicyclic) bond motifs is 1. The second-order valence-corrected chi connectivity index (χ2v) is 6.65. The average Bonchev–Trinajstić information content (AvgIpc) is 3.27. The molecule has 0 saturated heterocycles. The van der Waals surface area contributed by atoms with Crippen LogP contribution in [0.2, 0.25) is 0 Å². The number of carbonyl (C=O) groups excluding carboxylic acids is 1. The lowest BCUT2D eigenvalue weighted by Gasteiger charge is -2.24. The number of hydrogen-bond donors (Lipinski definition) is 1. The van der Waals surface area contributed by atoms with Crippen molar-refractivity contribution in [2.24, 2.45) is 5.92 Å². The van der Waals surface area contributed by atoms with Crippen molar-refractivity contribution in [3.05, 3.63) is 54.3 Å². The fraction of sp³-hybridized carbons (Fsp3) is 0.333. The van der Waals surface area contributed by atoms with E-state index in [1.54, 1.807) is 30.7 Å². The van der Waals surface area contributed by atoms with Crippen LogP contribution < -0.4 is 5.32 Å². The molecule has 4 heterocycles. The standard InChI is InChI=1S/C18H17F3N6O/c1-11-22-5-7-26(11)15-3-2-13(9-23-15)25-16(28)12-4-6-27-14(8-12)10-24-17(27)18(19,20)21/h2-3,5,7,9-10,12H,4,6,8H2,1H3,(H,25,28)/t12-/m0/s1. The van der Waals surface area contributed by atoms with Gasteiger partial charge in [-0.15, -0.1) is 0 Å². The van der Waals surface area contributed by atoms with Crippen LogP contribution >= 0.6 is 0 Å². The number of carbonyl (C=O) groups is 1. The number of nitrogens with zero attached hydrogens (tertiary/aromatic N) is 5. The van der Waals surface area contributed by atoms with Crippen molar-refractivity contribution in [1.29, 1.82) is 0 Å². The lowest BCUT2D eigenvalue weighted by Crippen LogP contribution is -2.31. The number of anilines is 1. The molecule has 1 N–H and O–H groups in total. The first-order valence-corrected chi connectivity index (χ1v) is 8.72. The van der Waals surface area contributed by atoms with Crippen LogP contribution in [0, 0.1) is 12.8 Å². The molecule has 7 nitrogen and oxygen atoms in total. The normalized spacial score (nSPS) is 16.6. The van der Waals surface area contributed by atoms with Gasteiger partial charge in [-0.2, -0.15) is 13.2 Å². The van der Waals surface area contributed by atoms with Crippen LogP contribution in [-0.4, -0.2) is 30.0 Å². The Labute approximate surface area is 158 Å². The lowest BCUT2D eigenvalue weighted by atomic mass is 9.95. The quantitative estimate of drug-likeness (QED) is 0.746. The molecule has 3 aromatic heterocycles. The van der Waals surface area contributed by atoms with Gasteiger partial charge >= 0.3 is 6.18 Å². The van der Waals surface area contributed by atoms with Crippen molar-refractivity contribution in [3.8, 4) is 5.82 Å². The Balaban J connectivity index is 1.43. The number of pyridine rings is 1. The highest BCUT2D eigenvalue weighted by Gasteiger charge is 2.39. The van der Waals surface area contributed by atoms with Crippen LogP contribution in [0.4, 0.5) is 18.9 Å². The van der Waals surface area contributed by atoms with Gasteiger partial charge in [0.1, 0.15) is 11.6 Å². The average molecular weight is 390 g/mol. The zero-order valence-corrected chi connectivity index (χ0v) is 14.9. The molecule has 0 radical (unpaired) electrons. The van der Waals surface area contributed by atoms with Gasteiger partial charge in [0.2, 0.25) is 11.7 Å². The Hall–Kier alpha value is -3.17. The molecule has 1 aliphatic rings. The fourth-order valence-electron chi connectivity index (χ4n) is 3.38. The van der Waals surface area contributed by atoms with Crippen LogP contribution in [0.1, 0.15) is 23.8 Å². The van der Waals surface area contributed by atoms with E-state index in [1.807, 2.05) is 11.5 Å². The maximum absolute atomic E-state index is 12.9. The number of rotatable bonds is 3. The molecule has 1 aliphatic heterocycles. The molecule has 0 fully saturated rings. The number of hydrogen-bond acceptors (Lipinski definition) is 4. The Morgan fingerprint density at radius 2 is 2.04 bits per heavy atom. The molecule has 1 atom stereocenters. The number of aryl methyl sites for hydroxylation is 1. The molecule has 0 aliphatic carbocycles. The summed E-state index contributed by atoms with van der Waals surface area (Å²) in [6, 6.07) is 3.49. The third-order valence-electron chi connectivity index (χ3n) is 4.81. The lowest BCUT2D eigenvalue weighted by molar-refractivity contribution is -0.147. The SMILES string of the molecule is Cc1nccn1-c1ccc(NC(=O)[C@H]2CCn3c(cnc3C(F)(F)F)C2)cn1. The molecule has 28 heavy (non-hydrogen) atoms. The van der Waals surface area contributed by atoms with E-state index >= 15 is 0 Å².